The maximum atomic E-state index is 12.9. The second-order valence-corrected chi connectivity index (χ2v) is 11.6. The molecule has 4 aliphatic carbocycles. The maximum Gasteiger partial charge on any atom is 0.264 e. The lowest BCUT2D eigenvalue weighted by Crippen LogP contribution is -2.51. The van der Waals surface area contributed by atoms with Crippen molar-refractivity contribution in [1.29, 1.82) is 0 Å². The first kappa shape index (κ1) is 21.1. The van der Waals surface area contributed by atoms with E-state index in [4.69, 9.17) is 15.8 Å². The Labute approximate surface area is 178 Å². The van der Waals surface area contributed by atoms with Crippen molar-refractivity contribution in [2.45, 2.75) is 51.4 Å². The van der Waals surface area contributed by atoms with Gasteiger partial charge in [-0.3, -0.25) is 8.98 Å². The van der Waals surface area contributed by atoms with Gasteiger partial charge in [-0.15, -0.1) is 0 Å². The van der Waals surface area contributed by atoms with Gasteiger partial charge in [-0.25, -0.2) is 0 Å². The molecule has 1 aromatic rings. The largest absolute Gasteiger partial charge is 0.351 e. The summed E-state index contributed by atoms with van der Waals surface area (Å²) in [7, 11) is -3.42. The molecule has 5 nitrogen and oxygen atoms in total. The van der Waals surface area contributed by atoms with Crippen molar-refractivity contribution >= 4 is 27.6 Å². The van der Waals surface area contributed by atoms with Crippen molar-refractivity contribution in [3.63, 3.8) is 0 Å². The third kappa shape index (κ3) is 5.15. The minimum absolute atomic E-state index is 0.111. The van der Waals surface area contributed by atoms with Crippen molar-refractivity contribution in [3.8, 4) is 0 Å². The van der Waals surface area contributed by atoms with Crippen LogP contribution in [0, 0.1) is 23.2 Å². The van der Waals surface area contributed by atoms with Crippen LogP contribution in [0.5, 0.6) is 0 Å². The fraction of sp³-hybridized carbons (Fsp3) is 0.682. The number of carbonyl (C=O) groups is 1. The number of benzene rings is 1. The van der Waals surface area contributed by atoms with Gasteiger partial charge >= 0.3 is 0 Å². The zero-order valence-corrected chi connectivity index (χ0v) is 18.5. The van der Waals surface area contributed by atoms with E-state index in [2.05, 4.69) is 5.32 Å². The smallest absolute Gasteiger partial charge is 0.264 e. The molecular formula is C22H30ClNO4S. The second-order valence-electron chi connectivity index (χ2n) is 9.54. The average Bonchev–Trinajstić information content (AvgIpc) is 2.63. The van der Waals surface area contributed by atoms with Crippen molar-refractivity contribution < 1.29 is 17.4 Å². The monoisotopic (exact) mass is 439 g/mol. The van der Waals surface area contributed by atoms with Crippen molar-refractivity contribution in [2.24, 2.45) is 23.2 Å². The molecule has 4 fully saturated rings. The topological polar surface area (TPSA) is 72.5 Å². The van der Waals surface area contributed by atoms with E-state index in [0.29, 0.717) is 23.4 Å². The highest BCUT2D eigenvalue weighted by Gasteiger charge is 2.50. The Bertz CT molecular complexity index is 848. The summed E-state index contributed by atoms with van der Waals surface area (Å²) < 4.78 is 26.9. The number of nitrogens with one attached hydrogen (secondary N) is 1. The number of aryl methyl sites for hydroxylation is 1. The Balaban J connectivity index is 1.35. The van der Waals surface area contributed by atoms with Crippen molar-refractivity contribution in [1.82, 2.24) is 5.32 Å². The van der Waals surface area contributed by atoms with Crippen molar-refractivity contribution in [2.75, 3.05) is 19.4 Å². The zero-order valence-electron chi connectivity index (χ0n) is 17.0. The SMILES string of the molecule is CS(=O)(=O)OCCCc1ccc(Cl)c(C(=O)NCC23CC4CC(CC(C4)C2)C3)c1. The number of hydrogen-bond acceptors (Lipinski definition) is 4. The molecule has 4 bridgehead atoms. The van der Waals surface area contributed by atoms with Gasteiger partial charge in [0, 0.05) is 6.54 Å². The Kier molecular flexibility index (Phi) is 5.97. The van der Waals surface area contributed by atoms with Crippen molar-refractivity contribution in [3.05, 3.63) is 34.3 Å². The van der Waals surface area contributed by atoms with E-state index >= 15 is 0 Å². The summed E-state index contributed by atoms with van der Waals surface area (Å²) in [4.78, 5) is 12.9. The van der Waals surface area contributed by atoms with Crippen LogP contribution >= 0.6 is 11.6 Å². The lowest BCUT2D eigenvalue weighted by atomic mass is 9.49. The molecule has 0 saturated heterocycles. The predicted molar refractivity (Wildman–Crippen MR) is 114 cm³/mol. The van der Waals surface area contributed by atoms with Gasteiger partial charge in [0.2, 0.25) is 0 Å². The zero-order chi connectivity index (χ0) is 20.6. The first-order valence-electron chi connectivity index (χ1n) is 10.6. The molecule has 5 rings (SSSR count). The summed E-state index contributed by atoms with van der Waals surface area (Å²) in [6, 6.07) is 5.43. The first-order valence-corrected chi connectivity index (χ1v) is 12.8. The van der Waals surface area contributed by atoms with Crippen LogP contribution < -0.4 is 5.32 Å². The molecule has 1 N–H and O–H groups in total. The Morgan fingerprint density at radius 2 is 1.79 bits per heavy atom. The number of halogens is 1. The number of hydrogen-bond donors (Lipinski definition) is 1. The van der Waals surface area contributed by atoms with Gasteiger partial charge in [-0.05, 0) is 92.2 Å². The summed E-state index contributed by atoms with van der Waals surface area (Å²) in [5.74, 6) is 2.47. The van der Waals surface area contributed by atoms with Crippen LogP contribution in [-0.2, 0) is 20.7 Å². The molecule has 0 unspecified atom stereocenters. The lowest BCUT2D eigenvalue weighted by Gasteiger charge is -2.56. The standard InChI is InChI=1S/C22H30ClNO4S/c1-29(26,27)28-6-2-3-15-4-5-20(23)19(10-15)21(25)24-14-22-11-16-7-17(12-22)9-18(8-16)13-22/h4-5,10,16-18H,2-3,6-9,11-14H2,1H3,(H,24,25). The molecule has 0 atom stereocenters. The van der Waals surface area contributed by atoms with Gasteiger partial charge in [0.15, 0.2) is 0 Å². The molecule has 4 aliphatic rings. The fourth-order valence-electron chi connectivity index (χ4n) is 6.26. The van der Waals surface area contributed by atoms with E-state index in [1.165, 1.54) is 38.5 Å². The molecule has 1 aromatic carbocycles. The van der Waals surface area contributed by atoms with E-state index in [1.807, 2.05) is 12.1 Å². The van der Waals surface area contributed by atoms with Crippen LogP contribution in [0.2, 0.25) is 5.02 Å². The third-order valence-corrected chi connectivity index (χ3v) is 7.90. The van der Waals surface area contributed by atoms with Gasteiger partial charge in [-0.2, -0.15) is 8.42 Å². The molecule has 7 heteroatoms. The summed E-state index contributed by atoms with van der Waals surface area (Å²) >= 11 is 6.30. The highest BCUT2D eigenvalue weighted by molar-refractivity contribution is 7.85. The highest BCUT2D eigenvalue weighted by atomic mass is 35.5. The minimum Gasteiger partial charge on any atom is -0.351 e. The third-order valence-electron chi connectivity index (χ3n) is 6.97. The van der Waals surface area contributed by atoms with Crippen LogP contribution in [0.3, 0.4) is 0 Å². The van der Waals surface area contributed by atoms with Crippen LogP contribution in [0.25, 0.3) is 0 Å². The predicted octanol–water partition coefficient (Wildman–Crippen LogP) is 4.20. The van der Waals surface area contributed by atoms with Crippen LogP contribution in [-0.4, -0.2) is 33.7 Å². The van der Waals surface area contributed by atoms with E-state index in [-0.39, 0.29) is 17.9 Å². The Hall–Kier alpha value is -1.11. The fourth-order valence-corrected chi connectivity index (χ4v) is 6.88. The molecule has 0 spiro atoms. The van der Waals surface area contributed by atoms with Gasteiger partial charge < -0.3 is 5.32 Å². The van der Waals surface area contributed by atoms with E-state index in [1.54, 1.807) is 6.07 Å². The lowest BCUT2D eigenvalue weighted by molar-refractivity contribution is -0.0503. The molecule has 0 aliphatic heterocycles. The Morgan fingerprint density at radius 3 is 2.38 bits per heavy atom. The second kappa shape index (κ2) is 8.20. The molecule has 4 saturated carbocycles. The molecular weight excluding hydrogens is 410 g/mol. The summed E-state index contributed by atoms with van der Waals surface area (Å²) in [6.45, 7) is 0.882. The van der Waals surface area contributed by atoms with Crippen LogP contribution in [0.1, 0.15) is 60.9 Å². The van der Waals surface area contributed by atoms with Crippen LogP contribution in [0.4, 0.5) is 0 Å². The molecule has 0 radical (unpaired) electrons. The quantitative estimate of drug-likeness (QED) is 0.486. The van der Waals surface area contributed by atoms with Gasteiger partial charge in [0.1, 0.15) is 0 Å². The molecule has 0 heterocycles. The first-order chi connectivity index (χ1) is 13.7. The maximum absolute atomic E-state index is 12.9. The normalized spacial score (nSPS) is 30.5. The van der Waals surface area contributed by atoms with E-state index < -0.39 is 10.1 Å². The van der Waals surface area contributed by atoms with E-state index in [0.717, 1.165) is 36.1 Å². The summed E-state index contributed by atoms with van der Waals surface area (Å²) in [6.07, 6.45) is 10.2. The summed E-state index contributed by atoms with van der Waals surface area (Å²) in [5, 5.41) is 3.63. The molecule has 0 aromatic heterocycles. The van der Waals surface area contributed by atoms with Gasteiger partial charge in [0.05, 0.1) is 23.4 Å². The minimum atomic E-state index is -3.42. The number of rotatable bonds is 8. The number of carbonyl (C=O) groups excluding carboxylic acids is 1. The van der Waals surface area contributed by atoms with Gasteiger partial charge in [-0.1, -0.05) is 17.7 Å². The Morgan fingerprint density at radius 1 is 1.17 bits per heavy atom. The summed E-state index contributed by atoms with van der Waals surface area (Å²) in [5.41, 5.74) is 1.74. The van der Waals surface area contributed by atoms with Gasteiger partial charge in [0.25, 0.3) is 16.0 Å². The molecule has 1 amide bonds. The molecule has 160 valence electrons. The molecule has 29 heavy (non-hydrogen) atoms. The van der Waals surface area contributed by atoms with Crippen LogP contribution in [0.15, 0.2) is 18.2 Å². The number of amides is 1. The van der Waals surface area contributed by atoms with E-state index in [9.17, 15) is 13.2 Å². The highest BCUT2D eigenvalue weighted by Crippen LogP contribution is 2.59. The average molecular weight is 440 g/mol.